The van der Waals surface area contributed by atoms with Gasteiger partial charge in [-0.2, -0.15) is 0 Å². The zero-order valence-electron chi connectivity index (χ0n) is 5.81. The van der Waals surface area contributed by atoms with Crippen LogP contribution in [0, 0.1) is 0 Å². The van der Waals surface area contributed by atoms with E-state index in [2.05, 4.69) is 9.97 Å². The molecule has 5 nitrogen and oxygen atoms in total. The van der Waals surface area contributed by atoms with Gasteiger partial charge in [0.05, 0.1) is 18.1 Å². The van der Waals surface area contributed by atoms with Crippen LogP contribution in [-0.4, -0.2) is 26.2 Å². The van der Waals surface area contributed by atoms with E-state index in [1.165, 1.54) is 6.20 Å². The fraction of sp³-hybridized carbons (Fsp3) is 0.167. The second-order valence-electron chi connectivity index (χ2n) is 2.00. The standard InChI is InChI=1S/C6H5ClN2O3/c7-4-2-8-3(1-9-4)5(10)6(11)12/h1-2,5,10H,(H,11,12). The first-order valence-electron chi connectivity index (χ1n) is 2.99. The Morgan fingerprint density at radius 2 is 2.17 bits per heavy atom. The first-order chi connectivity index (χ1) is 5.61. The van der Waals surface area contributed by atoms with E-state index in [1.807, 2.05) is 0 Å². The van der Waals surface area contributed by atoms with Gasteiger partial charge in [0.1, 0.15) is 5.15 Å². The number of nitrogens with zero attached hydrogens (tertiary/aromatic N) is 2. The molecule has 0 saturated carbocycles. The third-order valence-electron chi connectivity index (χ3n) is 1.15. The smallest absolute Gasteiger partial charge is 0.338 e. The molecule has 1 aromatic heterocycles. The van der Waals surface area contributed by atoms with Crippen LogP contribution in [0.5, 0.6) is 0 Å². The third kappa shape index (κ3) is 1.90. The molecule has 0 aromatic carbocycles. The number of aliphatic carboxylic acids is 1. The van der Waals surface area contributed by atoms with E-state index in [0.717, 1.165) is 6.20 Å². The molecule has 1 aromatic rings. The van der Waals surface area contributed by atoms with Crippen LogP contribution >= 0.6 is 11.6 Å². The zero-order chi connectivity index (χ0) is 9.14. The van der Waals surface area contributed by atoms with Crippen LogP contribution < -0.4 is 0 Å². The number of aliphatic hydroxyl groups is 1. The Kier molecular flexibility index (Phi) is 2.57. The van der Waals surface area contributed by atoms with Crippen LogP contribution in [0.25, 0.3) is 0 Å². The summed E-state index contributed by atoms with van der Waals surface area (Å²) in [7, 11) is 0. The maximum absolute atomic E-state index is 10.2. The minimum absolute atomic E-state index is 0.0353. The summed E-state index contributed by atoms with van der Waals surface area (Å²) in [6.45, 7) is 0. The maximum atomic E-state index is 10.2. The number of rotatable bonds is 2. The van der Waals surface area contributed by atoms with Gasteiger partial charge in [-0.1, -0.05) is 11.6 Å². The van der Waals surface area contributed by atoms with Crippen molar-refractivity contribution in [2.24, 2.45) is 0 Å². The Hall–Kier alpha value is -1.20. The molecule has 0 radical (unpaired) electrons. The quantitative estimate of drug-likeness (QED) is 0.695. The summed E-state index contributed by atoms with van der Waals surface area (Å²) in [4.78, 5) is 17.4. The second kappa shape index (κ2) is 3.46. The summed E-state index contributed by atoms with van der Waals surface area (Å²) in [5.41, 5.74) is -0.0353. The van der Waals surface area contributed by atoms with Crippen LogP contribution in [0.3, 0.4) is 0 Å². The highest BCUT2D eigenvalue weighted by atomic mass is 35.5. The maximum Gasteiger partial charge on any atom is 0.338 e. The average molecular weight is 189 g/mol. The van der Waals surface area contributed by atoms with Gasteiger partial charge in [0.15, 0.2) is 6.10 Å². The zero-order valence-corrected chi connectivity index (χ0v) is 6.56. The molecule has 1 unspecified atom stereocenters. The van der Waals surface area contributed by atoms with Gasteiger partial charge in [-0.25, -0.2) is 9.78 Å². The van der Waals surface area contributed by atoms with Crippen molar-refractivity contribution in [2.45, 2.75) is 6.10 Å². The molecule has 0 aliphatic heterocycles. The number of hydrogen-bond acceptors (Lipinski definition) is 4. The fourth-order valence-corrected chi connectivity index (χ4v) is 0.688. The minimum atomic E-state index is -1.64. The summed E-state index contributed by atoms with van der Waals surface area (Å²) in [5, 5.41) is 17.4. The van der Waals surface area contributed by atoms with Crippen molar-refractivity contribution < 1.29 is 15.0 Å². The van der Waals surface area contributed by atoms with E-state index >= 15 is 0 Å². The van der Waals surface area contributed by atoms with Gasteiger partial charge in [-0.05, 0) is 0 Å². The van der Waals surface area contributed by atoms with E-state index in [9.17, 15) is 4.79 Å². The second-order valence-corrected chi connectivity index (χ2v) is 2.39. The van der Waals surface area contributed by atoms with Gasteiger partial charge in [0.2, 0.25) is 0 Å². The normalized spacial score (nSPS) is 12.5. The Bertz CT molecular complexity index is 287. The first-order valence-corrected chi connectivity index (χ1v) is 3.37. The molecule has 1 heterocycles. The van der Waals surface area contributed by atoms with Gasteiger partial charge in [-0.15, -0.1) is 0 Å². The molecule has 1 rings (SSSR count). The number of hydrogen-bond donors (Lipinski definition) is 2. The van der Waals surface area contributed by atoms with Crippen molar-refractivity contribution in [3.05, 3.63) is 23.2 Å². The number of aliphatic hydroxyl groups excluding tert-OH is 1. The Morgan fingerprint density at radius 3 is 2.58 bits per heavy atom. The molecular weight excluding hydrogens is 184 g/mol. The van der Waals surface area contributed by atoms with E-state index in [1.54, 1.807) is 0 Å². The number of carboxylic acid groups (broad SMARTS) is 1. The lowest BCUT2D eigenvalue weighted by Gasteiger charge is -2.02. The highest BCUT2D eigenvalue weighted by Gasteiger charge is 2.17. The number of halogens is 1. The van der Waals surface area contributed by atoms with E-state index in [-0.39, 0.29) is 10.8 Å². The van der Waals surface area contributed by atoms with Crippen molar-refractivity contribution in [1.82, 2.24) is 9.97 Å². The lowest BCUT2D eigenvalue weighted by atomic mass is 10.3. The molecule has 12 heavy (non-hydrogen) atoms. The molecule has 6 heteroatoms. The Balaban J connectivity index is 2.89. The first kappa shape index (κ1) is 8.89. The van der Waals surface area contributed by atoms with Gasteiger partial charge < -0.3 is 10.2 Å². The van der Waals surface area contributed by atoms with Gasteiger partial charge >= 0.3 is 5.97 Å². The molecule has 0 amide bonds. The number of carboxylic acids is 1. The van der Waals surface area contributed by atoms with E-state index in [4.69, 9.17) is 21.8 Å². The topological polar surface area (TPSA) is 83.3 Å². The largest absolute Gasteiger partial charge is 0.479 e. The Labute approximate surface area is 72.7 Å². The summed E-state index contributed by atoms with van der Waals surface area (Å²) in [6, 6.07) is 0. The third-order valence-corrected chi connectivity index (χ3v) is 1.35. The molecule has 0 aliphatic carbocycles. The molecule has 0 spiro atoms. The Morgan fingerprint density at radius 1 is 1.50 bits per heavy atom. The van der Waals surface area contributed by atoms with E-state index in [0.29, 0.717) is 0 Å². The molecular formula is C6H5ClN2O3. The monoisotopic (exact) mass is 188 g/mol. The lowest BCUT2D eigenvalue weighted by Crippen LogP contribution is -2.12. The molecule has 0 aliphatic rings. The van der Waals surface area contributed by atoms with Crippen molar-refractivity contribution in [2.75, 3.05) is 0 Å². The van der Waals surface area contributed by atoms with Crippen LogP contribution in [0.2, 0.25) is 5.15 Å². The molecule has 2 N–H and O–H groups in total. The van der Waals surface area contributed by atoms with Gasteiger partial charge in [-0.3, -0.25) is 4.98 Å². The summed E-state index contributed by atoms with van der Waals surface area (Å²) >= 11 is 5.39. The lowest BCUT2D eigenvalue weighted by molar-refractivity contribution is -0.147. The summed E-state index contributed by atoms with van der Waals surface area (Å²) in [5.74, 6) is -1.37. The fourth-order valence-electron chi connectivity index (χ4n) is 0.590. The number of aromatic nitrogens is 2. The van der Waals surface area contributed by atoms with Gasteiger partial charge in [0.25, 0.3) is 0 Å². The van der Waals surface area contributed by atoms with Crippen molar-refractivity contribution in [1.29, 1.82) is 0 Å². The van der Waals surface area contributed by atoms with Crippen molar-refractivity contribution in [3.8, 4) is 0 Å². The SMILES string of the molecule is O=C(O)C(O)c1cnc(Cl)cn1. The molecule has 0 saturated heterocycles. The predicted octanol–water partition coefficient (Wildman–Crippen LogP) is 0.248. The molecule has 0 bridgehead atoms. The predicted molar refractivity (Wildman–Crippen MR) is 39.6 cm³/mol. The van der Waals surface area contributed by atoms with E-state index < -0.39 is 12.1 Å². The van der Waals surface area contributed by atoms with Gasteiger partial charge in [0, 0.05) is 0 Å². The average Bonchev–Trinajstić information content (AvgIpc) is 2.04. The minimum Gasteiger partial charge on any atom is -0.479 e. The summed E-state index contributed by atoms with van der Waals surface area (Å²) in [6.07, 6.45) is 0.638. The molecule has 1 atom stereocenters. The molecule has 64 valence electrons. The summed E-state index contributed by atoms with van der Waals surface area (Å²) < 4.78 is 0. The van der Waals surface area contributed by atoms with Crippen molar-refractivity contribution >= 4 is 17.6 Å². The van der Waals surface area contributed by atoms with Crippen LogP contribution in [0.4, 0.5) is 0 Å². The highest BCUT2D eigenvalue weighted by Crippen LogP contribution is 2.09. The van der Waals surface area contributed by atoms with Crippen LogP contribution in [-0.2, 0) is 4.79 Å². The van der Waals surface area contributed by atoms with Crippen LogP contribution in [0.15, 0.2) is 12.4 Å². The highest BCUT2D eigenvalue weighted by molar-refractivity contribution is 6.29. The number of carbonyl (C=O) groups is 1. The van der Waals surface area contributed by atoms with Crippen molar-refractivity contribution in [3.63, 3.8) is 0 Å². The molecule has 0 fully saturated rings. The van der Waals surface area contributed by atoms with Crippen LogP contribution in [0.1, 0.15) is 11.8 Å².